The van der Waals surface area contributed by atoms with Crippen LogP contribution in [0.25, 0.3) is 0 Å². The van der Waals surface area contributed by atoms with Crippen molar-refractivity contribution in [3.05, 3.63) is 126 Å². The molecular formula is C31H33NO4. The molecule has 0 unspecified atom stereocenters. The Morgan fingerprint density at radius 2 is 1.08 bits per heavy atom. The number of anilines is 1. The van der Waals surface area contributed by atoms with Crippen LogP contribution in [0, 0.1) is 0 Å². The van der Waals surface area contributed by atoms with Gasteiger partial charge in [0, 0.05) is 18.8 Å². The van der Waals surface area contributed by atoms with Gasteiger partial charge in [0.05, 0.1) is 27.4 Å². The number of para-hydroxylation sites is 1. The second-order valence-corrected chi connectivity index (χ2v) is 8.40. The summed E-state index contributed by atoms with van der Waals surface area (Å²) in [7, 11) is 3.33. The molecule has 0 saturated carbocycles. The Kier molecular flexibility index (Phi) is 8.61. The highest BCUT2D eigenvalue weighted by Crippen LogP contribution is 2.41. The Labute approximate surface area is 213 Å². The van der Waals surface area contributed by atoms with Crippen molar-refractivity contribution in [2.45, 2.75) is 5.60 Å². The lowest BCUT2D eigenvalue weighted by Crippen LogP contribution is -2.37. The summed E-state index contributed by atoms with van der Waals surface area (Å²) in [5, 5.41) is 9.68. The van der Waals surface area contributed by atoms with Crippen molar-refractivity contribution < 1.29 is 19.3 Å². The minimum absolute atomic E-state index is 0.0652. The third-order valence-electron chi connectivity index (χ3n) is 6.34. The fourth-order valence-corrected chi connectivity index (χ4v) is 4.51. The van der Waals surface area contributed by atoms with Crippen LogP contribution in [0.5, 0.6) is 11.5 Å². The predicted molar refractivity (Wildman–Crippen MR) is 144 cm³/mol. The number of hydrogen-bond acceptors (Lipinski definition) is 5. The van der Waals surface area contributed by atoms with Crippen molar-refractivity contribution in [3.8, 4) is 11.5 Å². The fraction of sp³-hybridized carbons (Fsp3) is 0.226. The average molecular weight is 484 g/mol. The molecule has 0 radical (unpaired) electrons. The van der Waals surface area contributed by atoms with Crippen LogP contribution in [0.4, 0.5) is 5.69 Å². The number of benzene rings is 4. The van der Waals surface area contributed by atoms with Gasteiger partial charge in [-0.05, 0) is 53.1 Å². The van der Waals surface area contributed by atoms with Gasteiger partial charge in [0.1, 0.15) is 17.1 Å². The van der Waals surface area contributed by atoms with Crippen molar-refractivity contribution in [1.82, 2.24) is 0 Å². The number of hydrogen-bond donors (Lipinski definition) is 1. The average Bonchev–Trinajstić information content (AvgIpc) is 2.96. The third-order valence-corrected chi connectivity index (χ3v) is 6.34. The quantitative estimate of drug-likeness (QED) is 0.269. The fourth-order valence-electron chi connectivity index (χ4n) is 4.51. The summed E-state index contributed by atoms with van der Waals surface area (Å²) < 4.78 is 17.8. The van der Waals surface area contributed by atoms with E-state index in [1.165, 1.54) is 0 Å². The Morgan fingerprint density at radius 3 is 1.56 bits per heavy atom. The van der Waals surface area contributed by atoms with Crippen LogP contribution in [-0.4, -0.2) is 45.6 Å². The molecule has 0 fully saturated rings. The maximum absolute atomic E-state index is 9.68. The monoisotopic (exact) mass is 483 g/mol. The molecule has 186 valence electrons. The number of nitrogens with zero attached hydrogens (tertiary/aromatic N) is 1. The van der Waals surface area contributed by atoms with E-state index in [9.17, 15) is 5.11 Å². The van der Waals surface area contributed by atoms with E-state index in [1.54, 1.807) is 14.2 Å². The summed E-state index contributed by atoms with van der Waals surface area (Å²) >= 11 is 0. The molecular weight excluding hydrogens is 450 g/mol. The second kappa shape index (κ2) is 12.2. The minimum Gasteiger partial charge on any atom is -0.497 e. The van der Waals surface area contributed by atoms with Gasteiger partial charge in [0.15, 0.2) is 0 Å². The summed E-state index contributed by atoms with van der Waals surface area (Å²) in [6.45, 7) is 1.64. The highest BCUT2D eigenvalue weighted by Gasteiger charge is 2.38. The molecule has 0 bridgehead atoms. The number of ether oxygens (including phenoxy) is 3. The second-order valence-electron chi connectivity index (χ2n) is 8.40. The molecule has 0 heterocycles. The Balaban J connectivity index is 1.76. The molecule has 0 amide bonds. The van der Waals surface area contributed by atoms with Crippen molar-refractivity contribution in [2.24, 2.45) is 0 Å². The van der Waals surface area contributed by atoms with Gasteiger partial charge in [0.2, 0.25) is 0 Å². The minimum atomic E-state index is -0.860. The van der Waals surface area contributed by atoms with E-state index >= 15 is 0 Å². The first-order valence-electron chi connectivity index (χ1n) is 12.1. The molecule has 4 aromatic carbocycles. The zero-order valence-corrected chi connectivity index (χ0v) is 20.8. The maximum atomic E-state index is 9.68. The highest BCUT2D eigenvalue weighted by atomic mass is 16.5. The Morgan fingerprint density at radius 1 is 0.611 bits per heavy atom. The predicted octanol–water partition coefficient (Wildman–Crippen LogP) is 5.51. The summed E-state index contributed by atoms with van der Waals surface area (Å²) in [5.41, 5.74) is 3.20. The molecule has 5 nitrogen and oxygen atoms in total. The number of aliphatic hydroxyl groups is 1. The van der Waals surface area contributed by atoms with E-state index in [-0.39, 0.29) is 6.61 Å². The van der Waals surface area contributed by atoms with E-state index in [0.29, 0.717) is 19.7 Å². The van der Waals surface area contributed by atoms with Crippen molar-refractivity contribution in [3.63, 3.8) is 0 Å². The standard InChI is InChI=1S/C31H33NO4/c1-34-29-17-13-26(14-18-29)31(25-9-5-3-6-10-25,27-15-19-30(35-2)20-16-27)36-24-22-32(21-23-33)28-11-7-4-8-12-28/h3-20,33H,21-24H2,1-2H3. The topological polar surface area (TPSA) is 51.2 Å². The molecule has 0 spiro atoms. The van der Waals surface area contributed by atoms with Crippen LogP contribution < -0.4 is 14.4 Å². The lowest BCUT2D eigenvalue weighted by Gasteiger charge is -2.37. The molecule has 36 heavy (non-hydrogen) atoms. The highest BCUT2D eigenvalue weighted by molar-refractivity contribution is 5.50. The summed E-state index contributed by atoms with van der Waals surface area (Å²) in [5.74, 6) is 1.57. The van der Waals surface area contributed by atoms with E-state index in [0.717, 1.165) is 33.9 Å². The lowest BCUT2D eigenvalue weighted by atomic mass is 9.80. The first-order chi connectivity index (χ1) is 17.7. The van der Waals surface area contributed by atoms with Gasteiger partial charge in [0.25, 0.3) is 0 Å². The van der Waals surface area contributed by atoms with Gasteiger partial charge in [-0.25, -0.2) is 0 Å². The Bertz CT molecular complexity index is 1130. The SMILES string of the molecule is COc1ccc(C(OCCN(CCO)c2ccccc2)(c2ccccc2)c2ccc(OC)cc2)cc1. The van der Waals surface area contributed by atoms with Crippen LogP contribution in [-0.2, 0) is 10.3 Å². The smallest absolute Gasteiger partial charge is 0.143 e. The third kappa shape index (κ3) is 5.54. The lowest BCUT2D eigenvalue weighted by molar-refractivity contribution is 0.0170. The van der Waals surface area contributed by atoms with Crippen molar-refractivity contribution >= 4 is 5.69 Å². The molecule has 0 aromatic heterocycles. The summed E-state index contributed by atoms with van der Waals surface area (Å²) in [6, 6.07) is 36.4. The number of aliphatic hydroxyl groups excluding tert-OH is 1. The molecule has 0 aliphatic heterocycles. The van der Waals surface area contributed by atoms with Crippen LogP contribution >= 0.6 is 0 Å². The van der Waals surface area contributed by atoms with Crippen molar-refractivity contribution in [1.29, 1.82) is 0 Å². The molecule has 4 rings (SSSR count). The van der Waals surface area contributed by atoms with Gasteiger partial charge < -0.3 is 24.2 Å². The number of methoxy groups -OCH3 is 2. The van der Waals surface area contributed by atoms with Crippen LogP contribution in [0.1, 0.15) is 16.7 Å². The molecule has 4 aromatic rings. The zero-order chi connectivity index (χ0) is 25.2. The maximum Gasteiger partial charge on any atom is 0.143 e. The largest absolute Gasteiger partial charge is 0.497 e. The van der Waals surface area contributed by atoms with Gasteiger partial charge >= 0.3 is 0 Å². The Hall–Kier alpha value is -3.80. The van der Waals surface area contributed by atoms with E-state index in [1.807, 2.05) is 72.8 Å². The van der Waals surface area contributed by atoms with Gasteiger partial charge in [-0.2, -0.15) is 0 Å². The molecule has 0 saturated heterocycles. The molecule has 0 aliphatic rings. The van der Waals surface area contributed by atoms with Crippen LogP contribution in [0.15, 0.2) is 109 Å². The van der Waals surface area contributed by atoms with E-state index in [2.05, 4.69) is 41.3 Å². The molecule has 1 N–H and O–H groups in total. The van der Waals surface area contributed by atoms with Gasteiger partial charge in [-0.15, -0.1) is 0 Å². The van der Waals surface area contributed by atoms with Crippen LogP contribution in [0.2, 0.25) is 0 Å². The van der Waals surface area contributed by atoms with Gasteiger partial charge in [-0.3, -0.25) is 0 Å². The first kappa shape index (κ1) is 25.3. The number of rotatable bonds is 12. The summed E-state index contributed by atoms with van der Waals surface area (Å²) in [6.07, 6.45) is 0. The molecule has 0 atom stereocenters. The zero-order valence-electron chi connectivity index (χ0n) is 20.8. The summed E-state index contributed by atoms with van der Waals surface area (Å²) in [4.78, 5) is 2.14. The molecule has 5 heteroatoms. The van der Waals surface area contributed by atoms with Crippen molar-refractivity contribution in [2.75, 3.05) is 45.4 Å². The van der Waals surface area contributed by atoms with E-state index in [4.69, 9.17) is 14.2 Å². The van der Waals surface area contributed by atoms with E-state index < -0.39 is 5.60 Å². The first-order valence-corrected chi connectivity index (χ1v) is 12.1. The van der Waals surface area contributed by atoms with Gasteiger partial charge in [-0.1, -0.05) is 72.8 Å². The normalized spacial score (nSPS) is 11.2. The molecule has 0 aliphatic carbocycles. The van der Waals surface area contributed by atoms with Crippen LogP contribution in [0.3, 0.4) is 0 Å².